The predicted molar refractivity (Wildman–Crippen MR) is 129 cm³/mol. The Kier molecular flexibility index (Phi) is 7.79. The van der Waals surface area contributed by atoms with E-state index in [2.05, 4.69) is 25.6 Å². The monoisotopic (exact) mass is 513 g/mol. The van der Waals surface area contributed by atoms with E-state index in [9.17, 15) is 14.7 Å². The average Bonchev–Trinajstić information content (AvgIpc) is 3.26. The lowest BCUT2D eigenvalue weighted by Crippen LogP contribution is -2.58. The van der Waals surface area contributed by atoms with E-state index >= 15 is 4.39 Å². The van der Waals surface area contributed by atoms with Crippen LogP contribution in [-0.4, -0.2) is 102 Å². The number of fused-ring (bicyclic) bond motifs is 1. The number of aliphatic hydroxyl groups excluding tert-OH is 1. The van der Waals surface area contributed by atoms with Crippen LogP contribution in [0.15, 0.2) is 15.0 Å². The van der Waals surface area contributed by atoms with Crippen molar-refractivity contribution in [2.24, 2.45) is 26.6 Å². The van der Waals surface area contributed by atoms with Crippen molar-refractivity contribution >= 4 is 30.2 Å². The van der Waals surface area contributed by atoms with Crippen molar-refractivity contribution in [3.63, 3.8) is 0 Å². The van der Waals surface area contributed by atoms with Crippen molar-refractivity contribution in [3.8, 4) is 0 Å². The summed E-state index contributed by atoms with van der Waals surface area (Å²) in [6.07, 6.45) is -4.20. The van der Waals surface area contributed by atoms with Crippen LogP contribution in [0.25, 0.3) is 0 Å². The fraction of sp³-hybridized carbons (Fsp3) is 0.773. The summed E-state index contributed by atoms with van der Waals surface area (Å²) in [4.78, 5) is 39.0. The van der Waals surface area contributed by atoms with E-state index in [1.54, 1.807) is 41.7 Å². The molecular formula is C22H36FN7O6. The maximum atomic E-state index is 15.7. The standard InChI is InChI=1S/C22H36FN7O6/c1-10(2)12(27-20(33)36-21(3,4)5)17(32)34-8-11-14(31)22(6,23)18(35-11)30-9-26-13-15(25-7)28-19(24)29-16(13)30/h9-14,16,18,31H,8H2,1-7H3,(H,27,33)(H3,24,25,28,29)/t11-,12+,13?,14-,16?,18-,22-/m1/s1. The van der Waals surface area contributed by atoms with Crippen LogP contribution in [0.5, 0.6) is 0 Å². The molecule has 1 fully saturated rings. The van der Waals surface area contributed by atoms with E-state index in [1.807, 2.05) is 0 Å². The Bertz CT molecular complexity index is 948. The number of nitrogens with zero attached hydrogens (tertiary/aromatic N) is 4. The number of amidine groups is 1. The Hall–Kier alpha value is -3.00. The van der Waals surface area contributed by atoms with E-state index < -0.39 is 66.6 Å². The summed E-state index contributed by atoms with van der Waals surface area (Å²) < 4.78 is 32.1. The number of rotatable bonds is 6. The number of amides is 1. The topological polar surface area (TPSA) is 172 Å². The van der Waals surface area contributed by atoms with Gasteiger partial charge in [-0.1, -0.05) is 13.8 Å². The number of alkyl halides is 1. The number of carbonyl (C=O) groups is 2. The zero-order valence-corrected chi connectivity index (χ0v) is 21.6. The van der Waals surface area contributed by atoms with Crippen molar-refractivity contribution in [2.45, 2.75) is 89.5 Å². The van der Waals surface area contributed by atoms with Crippen LogP contribution in [0.1, 0.15) is 41.5 Å². The summed E-state index contributed by atoms with van der Waals surface area (Å²) in [6, 6.07) is -1.56. The van der Waals surface area contributed by atoms with Crippen LogP contribution in [0, 0.1) is 5.92 Å². The zero-order chi connectivity index (χ0) is 27.0. The van der Waals surface area contributed by atoms with E-state index in [0.717, 1.165) is 0 Å². The highest BCUT2D eigenvalue weighted by Crippen LogP contribution is 2.39. The maximum Gasteiger partial charge on any atom is 0.408 e. The molecule has 1 amide bonds. The molecule has 202 valence electrons. The van der Waals surface area contributed by atoms with Gasteiger partial charge in [-0.3, -0.25) is 9.98 Å². The van der Waals surface area contributed by atoms with Crippen molar-refractivity contribution in [1.29, 1.82) is 0 Å². The summed E-state index contributed by atoms with van der Waals surface area (Å²) in [7, 11) is 1.57. The first-order chi connectivity index (χ1) is 16.7. The Morgan fingerprint density at radius 2 is 2.11 bits per heavy atom. The van der Waals surface area contributed by atoms with Gasteiger partial charge in [0.05, 0.1) is 6.34 Å². The highest BCUT2D eigenvalue weighted by Gasteiger charge is 2.59. The number of nitrogens with one attached hydrogen (secondary N) is 2. The molecule has 3 rings (SSSR count). The molecule has 2 unspecified atom stereocenters. The number of esters is 1. The van der Waals surface area contributed by atoms with Crippen molar-refractivity contribution in [2.75, 3.05) is 13.7 Å². The van der Waals surface area contributed by atoms with Gasteiger partial charge in [0.1, 0.15) is 42.3 Å². The van der Waals surface area contributed by atoms with Crippen LogP contribution >= 0.6 is 0 Å². The number of guanidine groups is 1. The molecule has 3 aliphatic rings. The van der Waals surface area contributed by atoms with Gasteiger partial charge >= 0.3 is 12.1 Å². The molecule has 13 nitrogen and oxygen atoms in total. The van der Waals surface area contributed by atoms with Crippen LogP contribution in [0.3, 0.4) is 0 Å². The third kappa shape index (κ3) is 5.69. The highest BCUT2D eigenvalue weighted by atomic mass is 19.1. The Labute approximate surface area is 209 Å². The molecule has 7 atom stereocenters. The molecule has 0 aromatic carbocycles. The minimum Gasteiger partial charge on any atom is -0.461 e. The SMILES string of the molecule is CN=C1NC(N)=NC2C1N=CN2[C@@H]1O[C@H](COC(=O)[C@@H](NC(=O)OC(C)(C)C)C(C)C)[C@@H](O)[C@@]1(C)F. The third-order valence-corrected chi connectivity index (χ3v) is 5.97. The number of hydrogen-bond donors (Lipinski definition) is 4. The second kappa shape index (κ2) is 10.2. The second-order valence-electron chi connectivity index (χ2n) is 10.4. The zero-order valence-electron chi connectivity index (χ0n) is 21.6. The first kappa shape index (κ1) is 27.6. The van der Waals surface area contributed by atoms with Crippen LogP contribution in [0.2, 0.25) is 0 Å². The molecule has 14 heteroatoms. The third-order valence-electron chi connectivity index (χ3n) is 5.97. The van der Waals surface area contributed by atoms with E-state index in [0.29, 0.717) is 5.84 Å². The fourth-order valence-corrected chi connectivity index (χ4v) is 4.13. The quantitative estimate of drug-likeness (QED) is 0.353. The number of alkyl carbamates (subject to hydrolysis) is 1. The van der Waals surface area contributed by atoms with Gasteiger partial charge in [0, 0.05) is 7.05 Å². The first-order valence-corrected chi connectivity index (χ1v) is 11.7. The van der Waals surface area contributed by atoms with Gasteiger partial charge in [0.2, 0.25) is 0 Å². The van der Waals surface area contributed by atoms with Gasteiger partial charge in [-0.2, -0.15) is 0 Å². The van der Waals surface area contributed by atoms with Crippen LogP contribution in [0.4, 0.5) is 9.18 Å². The number of nitrogens with two attached hydrogens (primary N) is 1. The molecular weight excluding hydrogens is 477 g/mol. The summed E-state index contributed by atoms with van der Waals surface area (Å²) in [5.74, 6) is -0.533. The summed E-state index contributed by atoms with van der Waals surface area (Å²) >= 11 is 0. The van der Waals surface area contributed by atoms with Gasteiger partial charge in [-0.15, -0.1) is 0 Å². The molecule has 0 aromatic heterocycles. The van der Waals surface area contributed by atoms with Crippen molar-refractivity contribution in [3.05, 3.63) is 0 Å². The minimum atomic E-state index is -2.26. The molecule has 0 saturated carbocycles. The smallest absolute Gasteiger partial charge is 0.408 e. The molecule has 0 bridgehead atoms. The predicted octanol–water partition coefficient (Wildman–Crippen LogP) is -0.122. The Balaban J connectivity index is 1.67. The van der Waals surface area contributed by atoms with Gasteiger partial charge in [0.25, 0.3) is 0 Å². The summed E-state index contributed by atoms with van der Waals surface area (Å²) in [6.45, 7) is 9.29. The van der Waals surface area contributed by atoms with Gasteiger partial charge in [-0.05, 0) is 33.6 Å². The largest absolute Gasteiger partial charge is 0.461 e. The minimum absolute atomic E-state index is 0.0918. The van der Waals surface area contributed by atoms with Gasteiger partial charge in [-0.25, -0.2) is 19.0 Å². The lowest BCUT2D eigenvalue weighted by molar-refractivity contribution is -0.154. The fourth-order valence-electron chi connectivity index (χ4n) is 4.13. The van der Waals surface area contributed by atoms with Crippen LogP contribution in [-0.2, 0) is 19.0 Å². The van der Waals surface area contributed by atoms with Crippen LogP contribution < -0.4 is 16.4 Å². The average molecular weight is 514 g/mol. The highest BCUT2D eigenvalue weighted by molar-refractivity contribution is 6.05. The van der Waals surface area contributed by atoms with E-state index in [-0.39, 0.29) is 11.9 Å². The lowest BCUT2D eigenvalue weighted by Gasteiger charge is -2.36. The summed E-state index contributed by atoms with van der Waals surface area (Å²) in [5.41, 5.74) is 2.83. The second-order valence-corrected chi connectivity index (χ2v) is 10.4. The molecule has 3 aliphatic heterocycles. The van der Waals surface area contributed by atoms with E-state index in [1.165, 1.54) is 18.2 Å². The molecule has 1 saturated heterocycles. The number of carbonyl (C=O) groups excluding carboxylic acids is 2. The molecule has 0 spiro atoms. The first-order valence-electron chi connectivity index (χ1n) is 11.7. The molecule has 0 aromatic rings. The molecule has 3 heterocycles. The number of halogens is 1. The Morgan fingerprint density at radius 3 is 2.69 bits per heavy atom. The molecule has 36 heavy (non-hydrogen) atoms. The lowest BCUT2D eigenvalue weighted by atomic mass is 9.97. The number of ether oxygens (including phenoxy) is 3. The molecule has 0 radical (unpaired) electrons. The maximum absolute atomic E-state index is 15.7. The molecule has 5 N–H and O–H groups in total. The molecule has 0 aliphatic carbocycles. The normalized spacial score (nSPS) is 33.7. The number of aliphatic imine (C=N–C) groups is 3. The van der Waals surface area contributed by atoms with Crippen molar-refractivity contribution in [1.82, 2.24) is 15.5 Å². The summed E-state index contributed by atoms with van der Waals surface area (Å²) in [5, 5.41) is 16.0. The number of hydrogen-bond acceptors (Lipinski definition) is 11. The Morgan fingerprint density at radius 1 is 1.44 bits per heavy atom. The number of aliphatic hydroxyl groups is 1. The van der Waals surface area contributed by atoms with Gasteiger partial charge in [0.15, 0.2) is 24.0 Å². The van der Waals surface area contributed by atoms with E-state index in [4.69, 9.17) is 19.9 Å². The van der Waals surface area contributed by atoms with Gasteiger partial charge < -0.3 is 40.6 Å². The van der Waals surface area contributed by atoms with Crippen molar-refractivity contribution < 1.29 is 33.3 Å².